The highest BCUT2D eigenvalue weighted by atomic mass is 19.3. The number of anilines is 2. The summed E-state index contributed by atoms with van der Waals surface area (Å²) in [7, 11) is 2.90. The number of alkyl halides is 2. The lowest BCUT2D eigenvalue weighted by Gasteiger charge is -2.15. The van der Waals surface area contributed by atoms with Gasteiger partial charge in [0.1, 0.15) is 0 Å². The summed E-state index contributed by atoms with van der Waals surface area (Å²) in [5.74, 6) is -0.757. The Labute approximate surface area is 155 Å². The molecule has 0 unspecified atom stereocenters. The average molecular weight is 376 g/mol. The number of halogens is 2. The van der Waals surface area contributed by atoms with E-state index in [2.05, 4.69) is 16.6 Å². The van der Waals surface area contributed by atoms with Gasteiger partial charge in [-0.2, -0.15) is 8.78 Å². The van der Waals surface area contributed by atoms with Crippen LogP contribution in [0.5, 0.6) is 11.5 Å². The highest BCUT2D eigenvalue weighted by Crippen LogP contribution is 2.31. The number of ether oxygens (including phenoxy) is 2. The van der Waals surface area contributed by atoms with E-state index in [-0.39, 0.29) is 17.4 Å². The molecule has 0 bridgehead atoms. The third-order valence-electron chi connectivity index (χ3n) is 3.66. The van der Waals surface area contributed by atoms with Gasteiger partial charge >= 0.3 is 6.61 Å². The van der Waals surface area contributed by atoms with Crippen molar-refractivity contribution in [1.82, 2.24) is 0 Å². The number of methoxy groups -OCH3 is 1. The quantitative estimate of drug-likeness (QED) is 0.749. The van der Waals surface area contributed by atoms with Crippen LogP contribution in [0.4, 0.5) is 20.2 Å². The average Bonchev–Trinajstić information content (AvgIpc) is 2.67. The first kappa shape index (κ1) is 19.9. The fourth-order valence-corrected chi connectivity index (χ4v) is 2.24. The van der Waals surface area contributed by atoms with E-state index >= 15 is 0 Å². The maximum Gasteiger partial charge on any atom is 0.387 e. The number of nitrogens with one attached hydrogen (secondary N) is 1. The zero-order chi connectivity index (χ0) is 20.0. The Balaban J connectivity index is 2.12. The van der Waals surface area contributed by atoms with Gasteiger partial charge in [0, 0.05) is 30.1 Å². The number of nitrogens with zero attached hydrogens (tertiary/aromatic N) is 1. The van der Waals surface area contributed by atoms with E-state index in [0.717, 1.165) is 0 Å². The van der Waals surface area contributed by atoms with Crippen molar-refractivity contribution in [3.63, 3.8) is 0 Å². The van der Waals surface area contributed by atoms with Crippen LogP contribution in [0.1, 0.15) is 10.4 Å². The molecule has 0 aromatic heterocycles. The van der Waals surface area contributed by atoms with Gasteiger partial charge in [0.05, 0.1) is 7.11 Å². The summed E-state index contributed by atoms with van der Waals surface area (Å²) < 4.78 is 34.0. The van der Waals surface area contributed by atoms with Crippen molar-refractivity contribution in [3.8, 4) is 11.5 Å². The molecule has 27 heavy (non-hydrogen) atoms. The fourth-order valence-electron chi connectivity index (χ4n) is 2.24. The molecule has 0 aliphatic carbocycles. The standard InChI is InChI=1S/C19H18F2N2O4/c1-4-17(24)23(2)14-8-5-12(6-9-14)18(25)22-13-7-10-15(27-19(20)21)16(11-13)26-3/h4-11,19H,1H2,2-3H3,(H,22,25). The van der Waals surface area contributed by atoms with Gasteiger partial charge in [-0.05, 0) is 42.5 Å². The predicted molar refractivity (Wildman–Crippen MR) is 97.6 cm³/mol. The number of hydrogen-bond acceptors (Lipinski definition) is 4. The molecule has 0 aliphatic rings. The number of likely N-dealkylation sites (N-methyl/N-ethyl adjacent to an activating group) is 1. The first-order chi connectivity index (χ1) is 12.8. The van der Waals surface area contributed by atoms with E-state index in [0.29, 0.717) is 16.9 Å². The SMILES string of the molecule is C=CC(=O)N(C)c1ccc(C(=O)Nc2ccc(OC(F)F)c(OC)c2)cc1. The van der Waals surface area contributed by atoms with Gasteiger partial charge in [-0.25, -0.2) is 0 Å². The van der Waals surface area contributed by atoms with Crippen LogP contribution < -0.4 is 19.7 Å². The highest BCUT2D eigenvalue weighted by molar-refractivity contribution is 6.05. The van der Waals surface area contributed by atoms with E-state index in [1.54, 1.807) is 31.3 Å². The van der Waals surface area contributed by atoms with E-state index in [1.165, 1.54) is 36.3 Å². The monoisotopic (exact) mass is 376 g/mol. The molecule has 2 aromatic rings. The summed E-state index contributed by atoms with van der Waals surface area (Å²) in [5.41, 5.74) is 1.30. The van der Waals surface area contributed by atoms with Crippen LogP contribution in [0.15, 0.2) is 55.1 Å². The Morgan fingerprint density at radius 1 is 1.15 bits per heavy atom. The van der Waals surface area contributed by atoms with Gasteiger partial charge in [-0.3, -0.25) is 9.59 Å². The predicted octanol–water partition coefficient (Wildman–Crippen LogP) is 3.70. The molecule has 0 saturated heterocycles. The van der Waals surface area contributed by atoms with Gasteiger partial charge in [-0.15, -0.1) is 0 Å². The van der Waals surface area contributed by atoms with Crippen molar-refractivity contribution in [2.75, 3.05) is 24.4 Å². The third kappa shape index (κ3) is 5.04. The molecule has 0 atom stereocenters. The smallest absolute Gasteiger partial charge is 0.387 e. The second kappa shape index (κ2) is 8.79. The summed E-state index contributed by atoms with van der Waals surface area (Å²) in [5, 5.41) is 2.64. The van der Waals surface area contributed by atoms with Crippen molar-refractivity contribution < 1.29 is 27.8 Å². The lowest BCUT2D eigenvalue weighted by Crippen LogP contribution is -2.23. The van der Waals surface area contributed by atoms with Crippen LogP contribution in [0.25, 0.3) is 0 Å². The first-order valence-corrected chi connectivity index (χ1v) is 7.80. The minimum atomic E-state index is -2.98. The van der Waals surface area contributed by atoms with Gasteiger partial charge in [0.2, 0.25) is 5.91 Å². The molecule has 142 valence electrons. The Morgan fingerprint density at radius 3 is 2.37 bits per heavy atom. The number of hydrogen-bond donors (Lipinski definition) is 1. The van der Waals surface area contributed by atoms with Crippen LogP contribution in [0.2, 0.25) is 0 Å². The maximum atomic E-state index is 12.4. The van der Waals surface area contributed by atoms with Gasteiger partial charge in [-0.1, -0.05) is 6.58 Å². The summed E-state index contributed by atoms with van der Waals surface area (Å²) >= 11 is 0. The topological polar surface area (TPSA) is 67.9 Å². The number of carbonyl (C=O) groups excluding carboxylic acids is 2. The van der Waals surface area contributed by atoms with Crippen molar-refractivity contribution >= 4 is 23.2 Å². The zero-order valence-electron chi connectivity index (χ0n) is 14.7. The van der Waals surface area contributed by atoms with E-state index in [4.69, 9.17) is 4.74 Å². The Morgan fingerprint density at radius 2 is 1.81 bits per heavy atom. The highest BCUT2D eigenvalue weighted by Gasteiger charge is 2.13. The summed E-state index contributed by atoms with van der Waals surface area (Å²) in [6.07, 6.45) is 1.19. The molecule has 6 nitrogen and oxygen atoms in total. The molecule has 8 heteroatoms. The molecule has 0 spiro atoms. The Kier molecular flexibility index (Phi) is 6.48. The van der Waals surface area contributed by atoms with Crippen LogP contribution in [0, 0.1) is 0 Å². The molecule has 0 aliphatic heterocycles. The lowest BCUT2D eigenvalue weighted by atomic mass is 10.1. The first-order valence-electron chi connectivity index (χ1n) is 7.80. The number of amides is 2. The second-order valence-corrected chi connectivity index (χ2v) is 5.35. The molecule has 0 radical (unpaired) electrons. The Hall–Kier alpha value is -3.42. The van der Waals surface area contributed by atoms with E-state index < -0.39 is 12.5 Å². The van der Waals surface area contributed by atoms with Gasteiger partial charge in [0.25, 0.3) is 5.91 Å². The van der Waals surface area contributed by atoms with Crippen LogP contribution in [0.3, 0.4) is 0 Å². The molecule has 2 amide bonds. The van der Waals surface area contributed by atoms with E-state index in [9.17, 15) is 18.4 Å². The van der Waals surface area contributed by atoms with Crippen LogP contribution >= 0.6 is 0 Å². The number of rotatable bonds is 7. The minimum absolute atomic E-state index is 0.0630. The van der Waals surface area contributed by atoms with Crippen molar-refractivity contribution in [2.45, 2.75) is 6.61 Å². The number of benzene rings is 2. The lowest BCUT2D eigenvalue weighted by molar-refractivity contribution is -0.113. The van der Waals surface area contributed by atoms with Gasteiger partial charge in [0.15, 0.2) is 11.5 Å². The molecule has 2 aromatic carbocycles. The molecule has 0 heterocycles. The van der Waals surface area contributed by atoms with Crippen LogP contribution in [-0.4, -0.2) is 32.6 Å². The summed E-state index contributed by atoms with van der Waals surface area (Å²) in [4.78, 5) is 25.3. The van der Waals surface area contributed by atoms with Crippen molar-refractivity contribution in [3.05, 3.63) is 60.7 Å². The second-order valence-electron chi connectivity index (χ2n) is 5.35. The largest absolute Gasteiger partial charge is 0.493 e. The Bertz CT molecular complexity index is 838. The molecular formula is C19H18F2N2O4. The zero-order valence-corrected chi connectivity index (χ0v) is 14.7. The molecule has 0 fully saturated rings. The third-order valence-corrected chi connectivity index (χ3v) is 3.66. The number of carbonyl (C=O) groups is 2. The van der Waals surface area contributed by atoms with Crippen molar-refractivity contribution in [1.29, 1.82) is 0 Å². The molecule has 1 N–H and O–H groups in total. The minimum Gasteiger partial charge on any atom is -0.493 e. The fraction of sp³-hybridized carbons (Fsp3) is 0.158. The summed E-state index contributed by atoms with van der Waals surface area (Å²) in [6, 6.07) is 10.4. The maximum absolute atomic E-state index is 12.4. The van der Waals surface area contributed by atoms with Crippen molar-refractivity contribution in [2.24, 2.45) is 0 Å². The summed E-state index contributed by atoms with van der Waals surface area (Å²) in [6.45, 7) is 0.437. The normalized spacial score (nSPS) is 10.3. The van der Waals surface area contributed by atoms with Gasteiger partial charge < -0.3 is 19.7 Å². The van der Waals surface area contributed by atoms with Crippen LogP contribution in [-0.2, 0) is 4.79 Å². The molecule has 2 rings (SSSR count). The van der Waals surface area contributed by atoms with E-state index in [1.807, 2.05) is 0 Å². The molecular weight excluding hydrogens is 358 g/mol. The molecule has 0 saturated carbocycles.